The fourth-order valence-electron chi connectivity index (χ4n) is 4.01. The fourth-order valence-corrected chi connectivity index (χ4v) is 4.01. The van der Waals surface area contributed by atoms with E-state index in [0.29, 0.717) is 41.2 Å². The van der Waals surface area contributed by atoms with Crippen LogP contribution in [0.4, 0.5) is 0 Å². The average molecular weight is 368 g/mol. The molecule has 1 atom stereocenters. The SMILES string of the molecule is COc1ccc([C@@H]2C(C#N)=C(N)OC3=C2C(=O)CC(C)(C)C3)c(OC)c1C. The predicted octanol–water partition coefficient (Wildman–Crippen LogP) is 3.46. The molecule has 0 spiro atoms. The molecule has 3 rings (SSSR count). The molecule has 6 nitrogen and oxygen atoms in total. The van der Waals surface area contributed by atoms with E-state index >= 15 is 0 Å². The van der Waals surface area contributed by atoms with Gasteiger partial charge in [-0.2, -0.15) is 5.26 Å². The Bertz CT molecular complexity index is 919. The van der Waals surface area contributed by atoms with Crippen LogP contribution in [0.1, 0.15) is 43.7 Å². The van der Waals surface area contributed by atoms with Crippen LogP contribution >= 0.6 is 0 Å². The van der Waals surface area contributed by atoms with Gasteiger partial charge in [0.25, 0.3) is 0 Å². The van der Waals surface area contributed by atoms with Crippen LogP contribution in [0.3, 0.4) is 0 Å². The highest BCUT2D eigenvalue weighted by Gasteiger charge is 2.44. The van der Waals surface area contributed by atoms with Gasteiger partial charge in [-0.25, -0.2) is 0 Å². The number of rotatable bonds is 3. The summed E-state index contributed by atoms with van der Waals surface area (Å²) in [6, 6.07) is 5.77. The number of benzene rings is 1. The van der Waals surface area contributed by atoms with Crippen LogP contribution in [0.15, 0.2) is 34.9 Å². The van der Waals surface area contributed by atoms with Gasteiger partial charge in [-0.15, -0.1) is 0 Å². The number of allylic oxidation sites excluding steroid dienone is 3. The van der Waals surface area contributed by atoms with E-state index in [1.165, 1.54) is 0 Å². The largest absolute Gasteiger partial charge is 0.496 e. The quantitative estimate of drug-likeness (QED) is 0.878. The minimum atomic E-state index is -0.609. The highest BCUT2D eigenvalue weighted by molar-refractivity contribution is 6.00. The molecular formula is C21H24N2O4. The van der Waals surface area contributed by atoms with E-state index in [4.69, 9.17) is 19.9 Å². The lowest BCUT2D eigenvalue weighted by atomic mass is 9.70. The van der Waals surface area contributed by atoms with Gasteiger partial charge in [0.2, 0.25) is 5.88 Å². The van der Waals surface area contributed by atoms with Crippen molar-refractivity contribution in [1.82, 2.24) is 0 Å². The number of carbonyl (C=O) groups excluding carboxylic acids is 1. The number of Topliss-reactive ketones (excluding diaryl/α,β-unsaturated/α-hetero) is 1. The monoisotopic (exact) mass is 368 g/mol. The molecule has 1 aromatic carbocycles. The highest BCUT2D eigenvalue weighted by Crippen LogP contribution is 2.50. The normalized spacial score (nSPS) is 21.3. The average Bonchev–Trinajstić information content (AvgIpc) is 2.59. The molecule has 2 N–H and O–H groups in total. The lowest BCUT2D eigenvalue weighted by Crippen LogP contribution is -2.33. The third-order valence-electron chi connectivity index (χ3n) is 5.20. The maximum atomic E-state index is 13.0. The second-order valence-corrected chi connectivity index (χ2v) is 7.72. The number of carbonyl (C=O) groups is 1. The summed E-state index contributed by atoms with van der Waals surface area (Å²) in [4.78, 5) is 13.0. The number of hydrogen-bond acceptors (Lipinski definition) is 6. The first kappa shape index (κ1) is 18.8. The van der Waals surface area contributed by atoms with Crippen LogP contribution in [0, 0.1) is 23.7 Å². The van der Waals surface area contributed by atoms with Gasteiger partial charge >= 0.3 is 0 Å². The molecule has 0 bridgehead atoms. The van der Waals surface area contributed by atoms with E-state index in [0.717, 1.165) is 5.56 Å². The predicted molar refractivity (Wildman–Crippen MR) is 100.0 cm³/mol. The van der Waals surface area contributed by atoms with Gasteiger partial charge in [0.1, 0.15) is 28.9 Å². The standard InChI is InChI=1S/C21H24N2O4/c1-11-15(25-4)7-6-12(19(11)26-5)17-13(10-22)20(23)27-16-9-21(2,3)8-14(24)18(16)17/h6-7,17H,8-9,23H2,1-5H3/t17-/m1/s1. The van der Waals surface area contributed by atoms with Crippen molar-refractivity contribution in [3.05, 3.63) is 46.0 Å². The van der Waals surface area contributed by atoms with Crippen molar-refractivity contribution in [3.8, 4) is 17.6 Å². The number of nitriles is 1. The number of methoxy groups -OCH3 is 2. The van der Waals surface area contributed by atoms with Crippen LogP contribution in [0.2, 0.25) is 0 Å². The lowest BCUT2D eigenvalue weighted by Gasteiger charge is -2.37. The van der Waals surface area contributed by atoms with Gasteiger partial charge < -0.3 is 19.9 Å². The second kappa shape index (κ2) is 6.66. The Kier molecular flexibility index (Phi) is 4.64. The molecule has 0 fully saturated rings. The number of hydrogen-bond donors (Lipinski definition) is 1. The Hall–Kier alpha value is -2.94. The third kappa shape index (κ3) is 3.03. The topological polar surface area (TPSA) is 94.6 Å². The van der Waals surface area contributed by atoms with Crippen LogP contribution in [0.25, 0.3) is 0 Å². The van der Waals surface area contributed by atoms with Gasteiger partial charge in [0, 0.05) is 29.5 Å². The third-order valence-corrected chi connectivity index (χ3v) is 5.20. The molecule has 2 aliphatic rings. The molecule has 0 radical (unpaired) electrons. The summed E-state index contributed by atoms with van der Waals surface area (Å²) in [5.41, 5.74) is 8.08. The minimum Gasteiger partial charge on any atom is -0.496 e. The molecule has 0 aromatic heterocycles. The maximum absolute atomic E-state index is 13.0. The summed E-state index contributed by atoms with van der Waals surface area (Å²) in [5, 5.41) is 9.74. The molecule has 1 aromatic rings. The summed E-state index contributed by atoms with van der Waals surface area (Å²) in [6.45, 7) is 5.91. The summed E-state index contributed by atoms with van der Waals surface area (Å²) in [7, 11) is 3.15. The Morgan fingerprint density at radius 2 is 1.96 bits per heavy atom. The highest BCUT2D eigenvalue weighted by atomic mass is 16.5. The van der Waals surface area contributed by atoms with Crippen molar-refractivity contribution in [2.24, 2.45) is 11.1 Å². The minimum absolute atomic E-state index is 0.0259. The van der Waals surface area contributed by atoms with Crippen molar-refractivity contribution in [2.75, 3.05) is 14.2 Å². The first-order chi connectivity index (χ1) is 12.7. The smallest absolute Gasteiger partial charge is 0.205 e. The molecule has 0 saturated heterocycles. The summed E-state index contributed by atoms with van der Waals surface area (Å²) in [6.07, 6.45) is 0.975. The van der Waals surface area contributed by atoms with Crippen LogP contribution < -0.4 is 15.2 Å². The Labute approximate surface area is 159 Å². The van der Waals surface area contributed by atoms with Crippen LogP contribution in [0.5, 0.6) is 11.5 Å². The number of ether oxygens (including phenoxy) is 3. The van der Waals surface area contributed by atoms with Gasteiger partial charge in [-0.05, 0) is 18.4 Å². The second-order valence-electron chi connectivity index (χ2n) is 7.72. The zero-order chi connectivity index (χ0) is 19.9. The summed E-state index contributed by atoms with van der Waals surface area (Å²) < 4.78 is 16.7. The van der Waals surface area contributed by atoms with Crippen LogP contribution in [-0.2, 0) is 9.53 Å². The molecule has 0 saturated carbocycles. The van der Waals surface area contributed by atoms with Gasteiger partial charge in [0.15, 0.2) is 5.78 Å². The maximum Gasteiger partial charge on any atom is 0.205 e. The molecule has 0 unspecified atom stereocenters. The van der Waals surface area contributed by atoms with Gasteiger partial charge in [-0.3, -0.25) is 4.79 Å². The first-order valence-corrected chi connectivity index (χ1v) is 8.79. The van der Waals surface area contributed by atoms with E-state index < -0.39 is 5.92 Å². The Balaban J connectivity index is 2.27. The summed E-state index contributed by atoms with van der Waals surface area (Å²) >= 11 is 0. The number of nitrogens with two attached hydrogens (primary N) is 1. The molecule has 0 amide bonds. The zero-order valence-corrected chi connectivity index (χ0v) is 16.3. The molecule has 1 aliphatic carbocycles. The van der Waals surface area contributed by atoms with Gasteiger partial charge in [-0.1, -0.05) is 19.9 Å². The molecular weight excluding hydrogens is 344 g/mol. The zero-order valence-electron chi connectivity index (χ0n) is 16.3. The molecule has 142 valence electrons. The van der Waals surface area contributed by atoms with Crippen molar-refractivity contribution < 1.29 is 19.0 Å². The number of nitrogens with zero attached hydrogens (tertiary/aromatic N) is 1. The van der Waals surface area contributed by atoms with E-state index in [1.54, 1.807) is 14.2 Å². The summed E-state index contributed by atoms with van der Waals surface area (Å²) in [5.74, 6) is 1.20. The molecule has 6 heteroatoms. The molecule has 27 heavy (non-hydrogen) atoms. The molecule has 1 heterocycles. The van der Waals surface area contributed by atoms with Crippen molar-refractivity contribution in [2.45, 2.75) is 39.5 Å². The molecule has 1 aliphatic heterocycles. The van der Waals surface area contributed by atoms with E-state index in [1.807, 2.05) is 32.9 Å². The number of ketones is 1. The fraction of sp³-hybridized carbons (Fsp3) is 0.429. The Morgan fingerprint density at radius 1 is 1.26 bits per heavy atom. The van der Waals surface area contributed by atoms with E-state index in [-0.39, 0.29) is 22.7 Å². The van der Waals surface area contributed by atoms with E-state index in [9.17, 15) is 10.1 Å². The lowest BCUT2D eigenvalue weighted by molar-refractivity contribution is -0.119. The van der Waals surface area contributed by atoms with Gasteiger partial charge in [0.05, 0.1) is 20.1 Å². The van der Waals surface area contributed by atoms with Crippen molar-refractivity contribution in [1.29, 1.82) is 5.26 Å². The van der Waals surface area contributed by atoms with Crippen molar-refractivity contribution >= 4 is 5.78 Å². The first-order valence-electron chi connectivity index (χ1n) is 8.79. The van der Waals surface area contributed by atoms with E-state index in [2.05, 4.69) is 6.07 Å². The Morgan fingerprint density at radius 3 is 2.56 bits per heavy atom. The van der Waals surface area contributed by atoms with Crippen molar-refractivity contribution in [3.63, 3.8) is 0 Å². The van der Waals surface area contributed by atoms with Crippen LogP contribution in [-0.4, -0.2) is 20.0 Å².